The number of carbonyl (C=O) groups is 1. The molecular formula is C16H17N3O4. The predicted octanol–water partition coefficient (Wildman–Crippen LogP) is 1.13. The smallest absolute Gasteiger partial charge is 0.247 e. The first-order chi connectivity index (χ1) is 11.2. The summed E-state index contributed by atoms with van der Waals surface area (Å²) in [6.45, 7) is 0.295. The average molecular weight is 315 g/mol. The monoisotopic (exact) mass is 315 g/mol. The van der Waals surface area contributed by atoms with Crippen molar-refractivity contribution in [3.05, 3.63) is 30.8 Å². The maximum Gasteiger partial charge on any atom is 0.247 e. The van der Waals surface area contributed by atoms with Crippen molar-refractivity contribution in [3.63, 3.8) is 0 Å². The topological polar surface area (TPSA) is 96.6 Å². The predicted molar refractivity (Wildman–Crippen MR) is 81.9 cm³/mol. The van der Waals surface area contributed by atoms with E-state index in [0.29, 0.717) is 35.7 Å². The molecule has 2 heterocycles. The van der Waals surface area contributed by atoms with E-state index in [1.165, 1.54) is 7.11 Å². The fourth-order valence-corrected chi connectivity index (χ4v) is 2.36. The number of nitrogens with zero attached hydrogens (tertiary/aromatic N) is 2. The number of primary amides is 1. The van der Waals surface area contributed by atoms with Crippen LogP contribution in [0.4, 0.5) is 0 Å². The summed E-state index contributed by atoms with van der Waals surface area (Å²) in [4.78, 5) is 19.8. The van der Waals surface area contributed by atoms with Crippen LogP contribution in [0.25, 0.3) is 11.0 Å². The number of nitrogens with two attached hydrogens (primary N) is 1. The number of aromatic nitrogens is 2. The van der Waals surface area contributed by atoms with E-state index >= 15 is 0 Å². The molecule has 3 rings (SSSR count). The second-order valence-corrected chi connectivity index (χ2v) is 5.13. The van der Waals surface area contributed by atoms with Gasteiger partial charge in [-0.1, -0.05) is 6.07 Å². The van der Waals surface area contributed by atoms with Gasteiger partial charge in [0.2, 0.25) is 11.8 Å². The molecule has 2 unspecified atom stereocenters. The van der Waals surface area contributed by atoms with Crippen molar-refractivity contribution >= 4 is 16.9 Å². The van der Waals surface area contributed by atoms with Gasteiger partial charge in [-0.05, 0) is 25.0 Å². The standard InChI is InChI=1S/C16H17N3O4/c1-21-14-8-18-11-5-3-6-12(15(11)19-14)22-9-10-4-2-7-13(23-10)16(17)20/h3,5-6,8,10,13H,2,4,9H2,1H3,(H2,17,20). The lowest BCUT2D eigenvalue weighted by Gasteiger charge is -2.27. The molecule has 2 radical (unpaired) electrons. The highest BCUT2D eigenvalue weighted by Crippen LogP contribution is 2.25. The molecule has 23 heavy (non-hydrogen) atoms. The fraction of sp³-hybridized carbons (Fsp3) is 0.375. The Morgan fingerprint density at radius 3 is 3.17 bits per heavy atom. The van der Waals surface area contributed by atoms with E-state index in [4.69, 9.17) is 19.9 Å². The van der Waals surface area contributed by atoms with Gasteiger partial charge < -0.3 is 19.9 Å². The first kappa shape index (κ1) is 15.5. The number of amides is 1. The van der Waals surface area contributed by atoms with E-state index in [1.807, 2.05) is 18.2 Å². The summed E-state index contributed by atoms with van der Waals surface area (Å²) in [6, 6.07) is 5.50. The lowest BCUT2D eigenvalue weighted by atomic mass is 10.0. The van der Waals surface area contributed by atoms with E-state index in [0.717, 1.165) is 6.42 Å². The van der Waals surface area contributed by atoms with Crippen LogP contribution in [0.2, 0.25) is 0 Å². The second-order valence-electron chi connectivity index (χ2n) is 5.13. The molecule has 120 valence electrons. The zero-order valence-corrected chi connectivity index (χ0v) is 12.7. The Labute approximate surface area is 133 Å². The largest absolute Gasteiger partial charge is 0.489 e. The summed E-state index contributed by atoms with van der Waals surface area (Å²) < 4.78 is 16.5. The van der Waals surface area contributed by atoms with E-state index in [1.54, 1.807) is 6.20 Å². The molecule has 2 atom stereocenters. The molecule has 1 aliphatic heterocycles. The lowest BCUT2D eigenvalue weighted by Crippen LogP contribution is -2.40. The number of rotatable bonds is 5. The Morgan fingerprint density at radius 2 is 2.39 bits per heavy atom. The second kappa shape index (κ2) is 6.78. The normalized spacial score (nSPS) is 21.1. The lowest BCUT2D eigenvalue weighted by molar-refractivity contribution is -0.134. The zero-order valence-electron chi connectivity index (χ0n) is 12.7. The van der Waals surface area contributed by atoms with Crippen molar-refractivity contribution in [2.75, 3.05) is 13.7 Å². The van der Waals surface area contributed by atoms with Crippen molar-refractivity contribution in [2.45, 2.75) is 25.0 Å². The van der Waals surface area contributed by atoms with Crippen LogP contribution in [-0.4, -0.2) is 41.8 Å². The molecule has 0 aliphatic carbocycles. The first-order valence-electron chi connectivity index (χ1n) is 7.28. The van der Waals surface area contributed by atoms with Crippen molar-refractivity contribution in [1.29, 1.82) is 0 Å². The first-order valence-corrected chi connectivity index (χ1v) is 7.28. The summed E-state index contributed by atoms with van der Waals surface area (Å²) in [5.41, 5.74) is 6.57. The van der Waals surface area contributed by atoms with Gasteiger partial charge in [0, 0.05) is 6.42 Å². The molecule has 2 N–H and O–H groups in total. The molecule has 1 aliphatic rings. The van der Waals surface area contributed by atoms with Gasteiger partial charge >= 0.3 is 0 Å². The molecular weight excluding hydrogens is 298 g/mol. The number of benzene rings is 1. The third kappa shape index (κ3) is 3.50. The summed E-state index contributed by atoms with van der Waals surface area (Å²) in [5.74, 6) is 0.475. The molecule has 2 aromatic rings. The minimum absolute atomic E-state index is 0.220. The van der Waals surface area contributed by atoms with Gasteiger partial charge in [-0.15, -0.1) is 0 Å². The highest BCUT2D eigenvalue weighted by atomic mass is 16.5. The van der Waals surface area contributed by atoms with Crippen molar-refractivity contribution < 1.29 is 19.0 Å². The van der Waals surface area contributed by atoms with E-state index < -0.39 is 12.0 Å². The highest BCUT2D eigenvalue weighted by molar-refractivity contribution is 5.81. The van der Waals surface area contributed by atoms with Gasteiger partial charge in [0.1, 0.15) is 24.0 Å². The molecule has 0 bridgehead atoms. The Hall–Kier alpha value is -2.41. The molecule has 1 saturated heterocycles. The maximum atomic E-state index is 11.2. The van der Waals surface area contributed by atoms with Gasteiger partial charge in [0.15, 0.2) is 0 Å². The Bertz CT molecular complexity index is 707. The van der Waals surface area contributed by atoms with Crippen LogP contribution in [0, 0.1) is 6.42 Å². The van der Waals surface area contributed by atoms with Crippen molar-refractivity contribution in [2.24, 2.45) is 5.73 Å². The summed E-state index contributed by atoms with van der Waals surface area (Å²) in [5, 5.41) is 0. The van der Waals surface area contributed by atoms with Gasteiger partial charge in [-0.2, -0.15) is 0 Å². The maximum absolute atomic E-state index is 11.2. The van der Waals surface area contributed by atoms with Crippen LogP contribution >= 0.6 is 0 Å². The Kier molecular flexibility index (Phi) is 4.57. The van der Waals surface area contributed by atoms with Crippen LogP contribution in [0.1, 0.15) is 12.8 Å². The molecule has 0 saturated carbocycles. The van der Waals surface area contributed by atoms with E-state index in [9.17, 15) is 4.79 Å². The van der Waals surface area contributed by atoms with Crippen LogP contribution in [0.3, 0.4) is 0 Å². The molecule has 0 spiro atoms. The number of hydrogen-bond acceptors (Lipinski definition) is 6. The third-order valence-corrected chi connectivity index (χ3v) is 3.53. The Balaban J connectivity index is 1.73. The van der Waals surface area contributed by atoms with Crippen molar-refractivity contribution in [3.8, 4) is 11.6 Å². The number of hydrogen-bond donors (Lipinski definition) is 1. The summed E-state index contributed by atoms with van der Waals surface area (Å²) in [6.07, 6.45) is 4.83. The zero-order chi connectivity index (χ0) is 16.2. The minimum atomic E-state index is -0.773. The third-order valence-electron chi connectivity index (χ3n) is 3.53. The van der Waals surface area contributed by atoms with Crippen LogP contribution < -0.4 is 15.2 Å². The summed E-state index contributed by atoms with van der Waals surface area (Å²) in [7, 11) is 1.53. The number of ether oxygens (including phenoxy) is 3. The molecule has 1 aromatic heterocycles. The molecule has 1 aromatic carbocycles. The molecule has 7 nitrogen and oxygen atoms in total. The Morgan fingerprint density at radius 1 is 1.52 bits per heavy atom. The SMILES string of the molecule is COc1cnc2cccc(OCC3CC[C]C(C(N)=O)O3)c2n1. The number of para-hydroxylation sites is 1. The molecule has 7 heteroatoms. The number of methoxy groups -OCH3 is 1. The molecule has 1 fully saturated rings. The van der Waals surface area contributed by atoms with Gasteiger partial charge in [0.05, 0.1) is 24.9 Å². The van der Waals surface area contributed by atoms with E-state index in [-0.39, 0.29) is 6.10 Å². The highest BCUT2D eigenvalue weighted by Gasteiger charge is 2.27. The number of fused-ring (bicyclic) bond motifs is 1. The van der Waals surface area contributed by atoms with E-state index in [2.05, 4.69) is 16.4 Å². The van der Waals surface area contributed by atoms with Crippen LogP contribution in [-0.2, 0) is 9.53 Å². The summed E-state index contributed by atoms with van der Waals surface area (Å²) >= 11 is 0. The fourth-order valence-electron chi connectivity index (χ4n) is 2.36. The molecule has 1 amide bonds. The number of carbonyl (C=O) groups excluding carboxylic acids is 1. The average Bonchev–Trinajstić information content (AvgIpc) is 2.59. The van der Waals surface area contributed by atoms with Crippen LogP contribution in [0.15, 0.2) is 24.4 Å². The minimum Gasteiger partial charge on any atom is -0.489 e. The quantitative estimate of drug-likeness (QED) is 0.888. The van der Waals surface area contributed by atoms with Gasteiger partial charge in [0.25, 0.3) is 0 Å². The van der Waals surface area contributed by atoms with Gasteiger partial charge in [-0.3, -0.25) is 4.79 Å². The van der Waals surface area contributed by atoms with Crippen molar-refractivity contribution in [1.82, 2.24) is 9.97 Å². The van der Waals surface area contributed by atoms with Gasteiger partial charge in [-0.25, -0.2) is 9.97 Å². The van der Waals surface area contributed by atoms with Crippen LogP contribution in [0.5, 0.6) is 11.6 Å².